The first-order chi connectivity index (χ1) is 14.6. The Morgan fingerprint density at radius 3 is 2.80 bits per heavy atom. The molecule has 0 radical (unpaired) electrons. The maximum absolute atomic E-state index is 13.7. The minimum absolute atomic E-state index is 0.233. The van der Waals surface area contributed by atoms with Gasteiger partial charge in [-0.3, -0.25) is 9.69 Å². The number of nitrogens with zero attached hydrogens (tertiary/aromatic N) is 3. The summed E-state index contributed by atoms with van der Waals surface area (Å²) >= 11 is 1.72. The highest BCUT2D eigenvalue weighted by Crippen LogP contribution is 2.48. The van der Waals surface area contributed by atoms with Crippen LogP contribution in [0.3, 0.4) is 0 Å². The summed E-state index contributed by atoms with van der Waals surface area (Å²) in [7, 11) is 0. The fourth-order valence-corrected chi connectivity index (χ4v) is 6.86. The molecule has 3 atom stereocenters. The summed E-state index contributed by atoms with van der Waals surface area (Å²) in [6, 6.07) is 0.615. The second kappa shape index (κ2) is 9.63. The second-order valence-electron chi connectivity index (χ2n) is 9.23. The number of piperidine rings is 1. The molecule has 0 spiro atoms. The summed E-state index contributed by atoms with van der Waals surface area (Å²) < 4.78 is 5.56. The van der Waals surface area contributed by atoms with Crippen molar-refractivity contribution in [2.75, 3.05) is 45.9 Å². The van der Waals surface area contributed by atoms with E-state index in [4.69, 9.17) is 4.74 Å². The van der Waals surface area contributed by atoms with Crippen molar-refractivity contribution in [3.05, 3.63) is 15.6 Å². The molecule has 7 heteroatoms. The van der Waals surface area contributed by atoms with Gasteiger partial charge in [0, 0.05) is 30.6 Å². The molecule has 1 saturated carbocycles. The number of carbonyl (C=O) groups excluding carboxylic acids is 1. The lowest BCUT2D eigenvalue weighted by atomic mass is 9.61. The first kappa shape index (κ1) is 22.2. The van der Waals surface area contributed by atoms with Gasteiger partial charge in [0.1, 0.15) is 0 Å². The van der Waals surface area contributed by atoms with Crippen LogP contribution in [-0.2, 0) is 22.5 Å². The third-order valence-electron chi connectivity index (χ3n) is 7.65. The highest BCUT2D eigenvalue weighted by atomic mass is 32.1. The molecule has 2 saturated heterocycles. The van der Waals surface area contributed by atoms with E-state index in [1.54, 1.807) is 11.3 Å². The van der Waals surface area contributed by atoms with Crippen molar-refractivity contribution in [1.82, 2.24) is 20.1 Å². The fourth-order valence-electron chi connectivity index (χ4n) is 5.90. The SMILES string of the molecule is CCc1nc(C)sc1CNC(=O)[C@@]12CC[C@H](N3CCOCC3)C[C@H]1CCN(CC)C2. The van der Waals surface area contributed by atoms with Gasteiger partial charge in [0.25, 0.3) is 0 Å². The Morgan fingerprint density at radius 2 is 2.07 bits per heavy atom. The van der Waals surface area contributed by atoms with Crippen LogP contribution in [0.25, 0.3) is 0 Å². The number of hydrogen-bond acceptors (Lipinski definition) is 6. The number of fused-ring (bicyclic) bond motifs is 1. The van der Waals surface area contributed by atoms with E-state index in [9.17, 15) is 4.79 Å². The third kappa shape index (κ3) is 4.45. The molecule has 1 aromatic rings. The van der Waals surface area contributed by atoms with Crippen LogP contribution in [0.15, 0.2) is 0 Å². The summed E-state index contributed by atoms with van der Waals surface area (Å²) in [5, 5.41) is 4.45. The second-order valence-corrected chi connectivity index (χ2v) is 10.5. The molecule has 3 fully saturated rings. The van der Waals surface area contributed by atoms with Gasteiger partial charge in [-0.25, -0.2) is 4.98 Å². The number of carbonyl (C=O) groups is 1. The number of morpholine rings is 1. The lowest BCUT2D eigenvalue weighted by Gasteiger charge is -2.53. The van der Waals surface area contributed by atoms with Crippen LogP contribution in [0, 0.1) is 18.3 Å². The molecule has 0 unspecified atom stereocenters. The first-order valence-electron chi connectivity index (χ1n) is 11.8. The standard InChI is InChI=1S/C23H38N4O2S/c1-4-20-21(30-17(3)25-20)15-24-22(28)23-8-6-19(27-10-12-29-13-11-27)14-18(23)7-9-26(5-2)16-23/h18-19H,4-16H2,1-3H3,(H,24,28)/t18-,19+,23-/m1/s1. The maximum Gasteiger partial charge on any atom is 0.228 e. The number of thiazole rings is 1. The molecule has 1 N–H and O–H groups in total. The average molecular weight is 435 g/mol. The average Bonchev–Trinajstić information content (AvgIpc) is 3.16. The summed E-state index contributed by atoms with van der Waals surface area (Å²) in [6.45, 7) is 13.9. The Labute approximate surface area is 185 Å². The normalized spacial score (nSPS) is 30.8. The van der Waals surface area contributed by atoms with Gasteiger partial charge >= 0.3 is 0 Å². The summed E-state index contributed by atoms with van der Waals surface area (Å²) in [5.74, 6) is 0.759. The molecule has 0 bridgehead atoms. The number of nitrogens with one attached hydrogen (secondary N) is 1. The molecule has 1 aliphatic carbocycles. The van der Waals surface area contributed by atoms with Gasteiger partial charge in [-0.1, -0.05) is 13.8 Å². The zero-order valence-corrected chi connectivity index (χ0v) is 19.7. The smallest absolute Gasteiger partial charge is 0.228 e. The van der Waals surface area contributed by atoms with Crippen LogP contribution in [0.5, 0.6) is 0 Å². The topological polar surface area (TPSA) is 57.7 Å². The minimum Gasteiger partial charge on any atom is -0.379 e. The number of aryl methyl sites for hydroxylation is 2. The Balaban J connectivity index is 1.47. The van der Waals surface area contributed by atoms with Crippen LogP contribution in [0.2, 0.25) is 0 Å². The van der Waals surface area contributed by atoms with E-state index in [2.05, 4.69) is 40.9 Å². The molecule has 30 heavy (non-hydrogen) atoms. The Bertz CT molecular complexity index is 733. The van der Waals surface area contributed by atoms with Crippen LogP contribution in [0.1, 0.15) is 55.1 Å². The molecular weight excluding hydrogens is 396 g/mol. The van der Waals surface area contributed by atoms with Crippen LogP contribution in [0.4, 0.5) is 0 Å². The minimum atomic E-state index is -0.233. The fraction of sp³-hybridized carbons (Fsp3) is 0.826. The van der Waals surface area contributed by atoms with E-state index in [1.165, 1.54) is 4.88 Å². The van der Waals surface area contributed by atoms with Gasteiger partial charge in [-0.2, -0.15) is 0 Å². The van der Waals surface area contributed by atoms with Crippen LogP contribution in [-0.4, -0.2) is 72.7 Å². The van der Waals surface area contributed by atoms with Gasteiger partial charge in [0.15, 0.2) is 0 Å². The molecule has 3 aliphatic rings. The van der Waals surface area contributed by atoms with Crippen molar-refractivity contribution in [3.8, 4) is 0 Å². The highest BCUT2D eigenvalue weighted by molar-refractivity contribution is 7.11. The van der Waals surface area contributed by atoms with Crippen molar-refractivity contribution in [2.24, 2.45) is 11.3 Å². The zero-order chi connectivity index (χ0) is 21.1. The molecule has 6 nitrogen and oxygen atoms in total. The number of hydrogen-bond donors (Lipinski definition) is 1. The van der Waals surface area contributed by atoms with E-state index in [0.717, 1.165) is 88.7 Å². The first-order valence-corrected chi connectivity index (χ1v) is 12.6. The van der Waals surface area contributed by atoms with E-state index < -0.39 is 0 Å². The summed E-state index contributed by atoms with van der Waals surface area (Å²) in [5.41, 5.74) is 0.907. The number of ether oxygens (including phenoxy) is 1. The highest BCUT2D eigenvalue weighted by Gasteiger charge is 2.52. The van der Waals surface area contributed by atoms with E-state index in [-0.39, 0.29) is 11.3 Å². The Kier molecular flexibility index (Phi) is 7.12. The van der Waals surface area contributed by atoms with Crippen molar-refractivity contribution >= 4 is 17.2 Å². The van der Waals surface area contributed by atoms with Gasteiger partial charge in [0.05, 0.1) is 35.9 Å². The molecule has 2 aliphatic heterocycles. The van der Waals surface area contributed by atoms with Crippen LogP contribution < -0.4 is 5.32 Å². The molecule has 1 aromatic heterocycles. The number of likely N-dealkylation sites (tertiary alicyclic amines) is 1. The molecule has 4 rings (SSSR count). The quantitative estimate of drug-likeness (QED) is 0.746. The zero-order valence-electron chi connectivity index (χ0n) is 18.9. The molecule has 168 valence electrons. The largest absolute Gasteiger partial charge is 0.379 e. The van der Waals surface area contributed by atoms with E-state index in [1.807, 2.05) is 0 Å². The lowest BCUT2D eigenvalue weighted by molar-refractivity contribution is -0.145. The lowest BCUT2D eigenvalue weighted by Crippen LogP contribution is -2.60. The molecule has 3 heterocycles. The Morgan fingerprint density at radius 1 is 1.27 bits per heavy atom. The van der Waals surface area contributed by atoms with Crippen LogP contribution >= 0.6 is 11.3 Å². The van der Waals surface area contributed by atoms with Crippen molar-refractivity contribution < 1.29 is 9.53 Å². The van der Waals surface area contributed by atoms with Crippen molar-refractivity contribution in [3.63, 3.8) is 0 Å². The van der Waals surface area contributed by atoms with Gasteiger partial charge < -0.3 is 15.0 Å². The summed E-state index contributed by atoms with van der Waals surface area (Å²) in [6.07, 6.45) is 5.35. The van der Waals surface area contributed by atoms with E-state index in [0.29, 0.717) is 18.5 Å². The van der Waals surface area contributed by atoms with Gasteiger partial charge in [0.2, 0.25) is 5.91 Å². The third-order valence-corrected chi connectivity index (χ3v) is 8.67. The Hall–Kier alpha value is -1.02. The van der Waals surface area contributed by atoms with Crippen molar-refractivity contribution in [2.45, 2.75) is 65.5 Å². The van der Waals surface area contributed by atoms with Gasteiger partial charge in [-0.15, -0.1) is 11.3 Å². The van der Waals surface area contributed by atoms with Gasteiger partial charge in [-0.05, 0) is 58.0 Å². The number of rotatable bonds is 6. The number of amides is 1. The summed E-state index contributed by atoms with van der Waals surface area (Å²) in [4.78, 5) is 24.6. The predicted octanol–water partition coefficient (Wildman–Crippen LogP) is 2.84. The molecular formula is C23H38N4O2S. The maximum atomic E-state index is 13.7. The number of aromatic nitrogens is 1. The predicted molar refractivity (Wildman–Crippen MR) is 121 cm³/mol. The molecule has 1 amide bonds. The molecule has 0 aromatic carbocycles. The van der Waals surface area contributed by atoms with E-state index >= 15 is 0 Å². The monoisotopic (exact) mass is 434 g/mol. The van der Waals surface area contributed by atoms with Crippen molar-refractivity contribution in [1.29, 1.82) is 0 Å².